The van der Waals surface area contributed by atoms with Gasteiger partial charge in [-0.1, -0.05) is 19.4 Å². The Kier molecular flexibility index (Phi) is 8.36. The van der Waals surface area contributed by atoms with Crippen molar-refractivity contribution >= 4 is 29.3 Å². The number of carbonyl (C=O) groups excluding carboxylic acids is 4. The normalized spacial score (nSPS) is 24.4. The van der Waals surface area contributed by atoms with Crippen molar-refractivity contribution in [1.29, 1.82) is 0 Å². The summed E-state index contributed by atoms with van der Waals surface area (Å²) in [5.74, 6) is -1.85. The van der Waals surface area contributed by atoms with Gasteiger partial charge in [-0.3, -0.25) is 28.8 Å². The second kappa shape index (κ2) is 12.3. The molecule has 0 bridgehead atoms. The summed E-state index contributed by atoms with van der Waals surface area (Å²) in [6.45, 7) is 3.76. The molecule has 4 saturated carbocycles. The zero-order valence-corrected chi connectivity index (χ0v) is 28.3. The third-order valence-corrected chi connectivity index (χ3v) is 12.2. The van der Waals surface area contributed by atoms with Gasteiger partial charge in [0.05, 0.1) is 5.69 Å². The van der Waals surface area contributed by atoms with Crippen LogP contribution in [0.4, 0.5) is 10.1 Å². The van der Waals surface area contributed by atoms with Gasteiger partial charge in [-0.15, -0.1) is 0 Å². The van der Waals surface area contributed by atoms with E-state index in [0.717, 1.165) is 57.9 Å². The van der Waals surface area contributed by atoms with Crippen LogP contribution in [0.1, 0.15) is 93.6 Å². The molecular weight excluding hydrogens is 613 g/mol. The fourth-order valence-electron chi connectivity index (χ4n) is 8.46. The second-order valence-electron chi connectivity index (χ2n) is 15.2. The lowest BCUT2D eigenvalue weighted by atomic mass is 9.75. The lowest BCUT2D eigenvalue weighted by Gasteiger charge is -2.42. The van der Waals surface area contributed by atoms with Crippen molar-refractivity contribution in [2.45, 2.75) is 101 Å². The zero-order valence-electron chi connectivity index (χ0n) is 28.3. The number of hydrogen-bond acceptors (Lipinski definition) is 6. The molecule has 1 aromatic heterocycles. The van der Waals surface area contributed by atoms with Gasteiger partial charge in [0.2, 0.25) is 17.7 Å². The molecule has 3 atom stereocenters. The number of likely N-dealkylation sites (N-methyl/N-ethyl adjacent to an activating group) is 1. The molecule has 0 unspecified atom stereocenters. The highest BCUT2D eigenvalue weighted by Gasteiger charge is 2.57. The first-order valence-electron chi connectivity index (χ1n) is 17.7. The minimum atomic E-state index is -0.830. The summed E-state index contributed by atoms with van der Waals surface area (Å²) < 4.78 is 17.4. The molecular formula is C36H48FN7O4. The number of hydrogen-bond donors (Lipinski definition) is 3. The standard InChI is InChI=1S/C36H48FN7O4/c1-4-28(45)40-30(33(48)44-19-18-42(2)35(22-44)13-14-35)36(15-16-36)24-7-8-26(25(37)20-24)39-32(47)29(23-6-5-10-34(21-23)11-12-34)41-31(46)27-9-17-38-43(27)3/h7-9,17,20,23,29-30H,4-6,10-16,18-19,21-22H2,1-3H3,(H,39,47)(H,40,45)(H,41,46)/t23-,29-,30-/m0/s1. The first-order chi connectivity index (χ1) is 23.0. The van der Waals surface area contributed by atoms with Gasteiger partial charge < -0.3 is 20.9 Å². The summed E-state index contributed by atoms with van der Waals surface area (Å²) in [5, 5.41) is 12.8. The highest BCUT2D eigenvalue weighted by atomic mass is 19.1. The van der Waals surface area contributed by atoms with Crippen LogP contribution in [0.5, 0.6) is 0 Å². The lowest BCUT2D eigenvalue weighted by molar-refractivity contribution is -0.140. The highest BCUT2D eigenvalue weighted by Crippen LogP contribution is 2.58. The van der Waals surface area contributed by atoms with E-state index in [0.29, 0.717) is 37.2 Å². The van der Waals surface area contributed by atoms with Crippen molar-refractivity contribution in [2.24, 2.45) is 18.4 Å². The monoisotopic (exact) mass is 661 g/mol. The molecule has 7 rings (SSSR count). The van der Waals surface area contributed by atoms with Crippen LogP contribution >= 0.6 is 0 Å². The van der Waals surface area contributed by atoms with E-state index in [1.165, 1.54) is 16.9 Å². The van der Waals surface area contributed by atoms with Gasteiger partial charge in [0.25, 0.3) is 5.91 Å². The van der Waals surface area contributed by atoms with Crippen LogP contribution in [0.2, 0.25) is 0 Å². The van der Waals surface area contributed by atoms with Gasteiger partial charge in [0.1, 0.15) is 23.6 Å². The summed E-state index contributed by atoms with van der Waals surface area (Å²) >= 11 is 0. The van der Waals surface area contributed by atoms with E-state index in [9.17, 15) is 19.2 Å². The van der Waals surface area contributed by atoms with Crippen LogP contribution in [0, 0.1) is 17.2 Å². The molecule has 1 aliphatic heterocycles. The maximum Gasteiger partial charge on any atom is 0.270 e. The Morgan fingerprint density at radius 2 is 1.77 bits per heavy atom. The van der Waals surface area contributed by atoms with Crippen molar-refractivity contribution in [3.63, 3.8) is 0 Å². The number of carbonyl (C=O) groups is 4. The molecule has 2 heterocycles. The van der Waals surface area contributed by atoms with Gasteiger partial charge >= 0.3 is 0 Å². The predicted octanol–water partition coefficient (Wildman–Crippen LogP) is 3.50. The maximum atomic E-state index is 15.9. The van der Waals surface area contributed by atoms with Gasteiger partial charge in [-0.2, -0.15) is 5.10 Å². The molecule has 4 aliphatic carbocycles. The average Bonchev–Trinajstić information content (AvgIpc) is 4.03. The quantitative estimate of drug-likeness (QED) is 0.358. The number of piperazine rings is 1. The molecule has 5 aliphatic rings. The molecule has 3 N–H and O–H groups in total. The summed E-state index contributed by atoms with van der Waals surface area (Å²) in [5.41, 5.74) is 0.569. The molecule has 12 heteroatoms. The first kappa shape index (κ1) is 32.7. The Labute approximate surface area is 281 Å². The number of rotatable bonds is 10. The Morgan fingerprint density at radius 1 is 1.00 bits per heavy atom. The van der Waals surface area contributed by atoms with Crippen LogP contribution in [-0.4, -0.2) is 87.5 Å². The second-order valence-corrected chi connectivity index (χ2v) is 15.2. The van der Waals surface area contributed by atoms with Crippen LogP contribution in [0.25, 0.3) is 0 Å². The number of anilines is 1. The molecule has 258 valence electrons. The van der Waals surface area contributed by atoms with Gasteiger partial charge in [0, 0.05) is 50.3 Å². The smallest absolute Gasteiger partial charge is 0.270 e. The van der Waals surface area contributed by atoms with E-state index in [1.54, 1.807) is 32.2 Å². The van der Waals surface area contributed by atoms with E-state index in [4.69, 9.17) is 0 Å². The summed E-state index contributed by atoms with van der Waals surface area (Å²) in [6, 6.07) is 4.69. The number of nitrogens with zero attached hydrogens (tertiary/aromatic N) is 4. The van der Waals surface area contributed by atoms with Gasteiger partial charge in [0.15, 0.2) is 0 Å². The number of halogens is 1. The van der Waals surface area contributed by atoms with E-state index in [2.05, 4.69) is 33.0 Å². The molecule has 48 heavy (non-hydrogen) atoms. The van der Waals surface area contributed by atoms with Crippen LogP contribution < -0.4 is 16.0 Å². The number of amides is 4. The highest BCUT2D eigenvalue weighted by molar-refractivity contribution is 6.01. The Bertz CT molecular complexity index is 1610. The van der Waals surface area contributed by atoms with Crippen molar-refractivity contribution in [2.75, 3.05) is 32.0 Å². The van der Waals surface area contributed by atoms with Gasteiger partial charge in [-0.05, 0) is 99.9 Å². The SMILES string of the molecule is CCC(=O)N[C@@H](C(=O)N1CCN(C)C2(CC2)C1)C1(c2ccc(NC(=O)[C@@H](NC(=O)c3ccnn3C)[C@H]3CCCC4(CC4)C3)c(F)c2)CC1. The van der Waals surface area contributed by atoms with E-state index < -0.39 is 35.1 Å². The topological polar surface area (TPSA) is 129 Å². The third kappa shape index (κ3) is 6.12. The van der Waals surface area contributed by atoms with Crippen LogP contribution in [0.15, 0.2) is 30.5 Å². The largest absolute Gasteiger partial charge is 0.343 e. The Balaban J connectivity index is 1.10. The van der Waals surface area contributed by atoms with Crippen molar-refractivity contribution in [1.82, 2.24) is 30.2 Å². The van der Waals surface area contributed by atoms with E-state index in [1.807, 2.05) is 4.90 Å². The van der Waals surface area contributed by atoms with E-state index >= 15 is 4.39 Å². The zero-order chi connectivity index (χ0) is 33.8. The summed E-state index contributed by atoms with van der Waals surface area (Å²) in [6.07, 6.45) is 11.2. The Hall–Kier alpha value is -3.80. The summed E-state index contributed by atoms with van der Waals surface area (Å²) in [7, 11) is 3.78. The fourth-order valence-corrected chi connectivity index (χ4v) is 8.46. The Morgan fingerprint density at radius 3 is 2.40 bits per heavy atom. The lowest BCUT2D eigenvalue weighted by Crippen LogP contribution is -2.61. The fraction of sp³-hybridized carbons (Fsp3) is 0.639. The molecule has 2 spiro atoms. The molecule has 0 radical (unpaired) electrons. The minimum Gasteiger partial charge on any atom is -0.343 e. The number of aryl methyl sites for hydroxylation is 1. The average molecular weight is 662 g/mol. The van der Waals surface area contributed by atoms with E-state index in [-0.39, 0.29) is 40.8 Å². The molecule has 2 aromatic rings. The molecule has 5 fully saturated rings. The molecule has 1 aromatic carbocycles. The predicted molar refractivity (Wildman–Crippen MR) is 177 cm³/mol. The van der Waals surface area contributed by atoms with Crippen molar-refractivity contribution in [3.8, 4) is 0 Å². The molecule has 1 saturated heterocycles. The van der Waals surface area contributed by atoms with Crippen molar-refractivity contribution < 1.29 is 23.6 Å². The molecule has 4 amide bonds. The maximum absolute atomic E-state index is 15.9. The number of nitrogens with one attached hydrogen (secondary N) is 3. The number of benzene rings is 1. The van der Waals surface area contributed by atoms with Crippen molar-refractivity contribution in [3.05, 3.63) is 47.5 Å². The van der Waals surface area contributed by atoms with Crippen LogP contribution in [0.3, 0.4) is 0 Å². The van der Waals surface area contributed by atoms with Crippen LogP contribution in [-0.2, 0) is 26.8 Å². The first-order valence-corrected chi connectivity index (χ1v) is 17.7. The summed E-state index contributed by atoms with van der Waals surface area (Å²) in [4.78, 5) is 58.1. The number of aromatic nitrogens is 2. The minimum absolute atomic E-state index is 0.0199. The van der Waals surface area contributed by atoms with Gasteiger partial charge in [-0.25, -0.2) is 4.39 Å². The third-order valence-electron chi connectivity index (χ3n) is 12.2. The molecule has 11 nitrogen and oxygen atoms in total.